The average molecular weight is 427 g/mol. The van der Waals surface area contributed by atoms with E-state index >= 15 is 0 Å². The Balaban J connectivity index is 1.97. The van der Waals surface area contributed by atoms with Crippen LogP contribution in [0.25, 0.3) is 11.1 Å². The lowest BCUT2D eigenvalue weighted by atomic mass is 9.76. The monoisotopic (exact) mass is 426 g/mol. The Kier molecular flexibility index (Phi) is 6.12. The SMILES string of the molecule is CC1=C(C)CC(C(=O)Nc2sc(C)c(-c3ccc(C)cc3)c2C(N)=O)C(C(=O)O)C1. The first-order valence-electron chi connectivity index (χ1n) is 9.79. The van der Waals surface area contributed by atoms with Crippen molar-refractivity contribution in [1.82, 2.24) is 0 Å². The molecule has 7 heteroatoms. The first-order valence-corrected chi connectivity index (χ1v) is 10.6. The molecule has 4 N–H and O–H groups in total. The third kappa shape index (κ3) is 4.16. The van der Waals surface area contributed by atoms with Gasteiger partial charge in [0.2, 0.25) is 5.91 Å². The molecule has 0 fully saturated rings. The summed E-state index contributed by atoms with van der Waals surface area (Å²) in [5.74, 6) is -3.50. The zero-order chi connectivity index (χ0) is 22.2. The number of aliphatic carboxylic acids is 1. The second kappa shape index (κ2) is 8.44. The summed E-state index contributed by atoms with van der Waals surface area (Å²) < 4.78 is 0. The van der Waals surface area contributed by atoms with Crippen molar-refractivity contribution < 1.29 is 19.5 Å². The number of primary amides is 1. The second-order valence-electron chi connectivity index (χ2n) is 7.98. The number of carbonyl (C=O) groups excluding carboxylic acids is 2. The van der Waals surface area contributed by atoms with Gasteiger partial charge >= 0.3 is 5.97 Å². The molecule has 2 amide bonds. The molecule has 1 aromatic heterocycles. The Labute approximate surface area is 179 Å². The van der Waals surface area contributed by atoms with Gasteiger partial charge in [0.05, 0.1) is 17.4 Å². The first-order chi connectivity index (χ1) is 14.1. The van der Waals surface area contributed by atoms with Crippen LogP contribution in [0.4, 0.5) is 5.00 Å². The highest BCUT2D eigenvalue weighted by Crippen LogP contribution is 2.41. The Morgan fingerprint density at radius 1 is 1.00 bits per heavy atom. The van der Waals surface area contributed by atoms with E-state index in [1.165, 1.54) is 11.3 Å². The van der Waals surface area contributed by atoms with Gasteiger partial charge in [-0.25, -0.2) is 0 Å². The van der Waals surface area contributed by atoms with Gasteiger partial charge in [-0.2, -0.15) is 0 Å². The van der Waals surface area contributed by atoms with E-state index in [-0.39, 0.29) is 5.56 Å². The van der Waals surface area contributed by atoms with E-state index in [0.717, 1.165) is 27.2 Å². The Bertz CT molecular complexity index is 1050. The predicted molar refractivity (Wildman–Crippen MR) is 119 cm³/mol. The number of nitrogens with two attached hydrogens (primary N) is 1. The van der Waals surface area contributed by atoms with Crippen molar-refractivity contribution in [2.45, 2.75) is 40.5 Å². The van der Waals surface area contributed by atoms with Crippen LogP contribution in [0.3, 0.4) is 0 Å². The number of anilines is 1. The van der Waals surface area contributed by atoms with Gasteiger partial charge in [-0.05, 0) is 46.1 Å². The first kappa shape index (κ1) is 21.8. The third-order valence-corrected chi connectivity index (χ3v) is 6.85. The summed E-state index contributed by atoms with van der Waals surface area (Å²) in [4.78, 5) is 38.0. The summed E-state index contributed by atoms with van der Waals surface area (Å²) in [6, 6.07) is 7.74. The minimum Gasteiger partial charge on any atom is -0.481 e. The third-order valence-electron chi connectivity index (χ3n) is 5.83. The molecule has 2 atom stereocenters. The second-order valence-corrected chi connectivity index (χ2v) is 9.20. The molecule has 6 nitrogen and oxygen atoms in total. The highest BCUT2D eigenvalue weighted by Gasteiger charge is 2.38. The van der Waals surface area contributed by atoms with Crippen LogP contribution < -0.4 is 11.1 Å². The molecule has 2 unspecified atom stereocenters. The molecule has 1 heterocycles. The molecule has 3 rings (SSSR count). The quantitative estimate of drug-likeness (QED) is 0.611. The van der Waals surface area contributed by atoms with Crippen molar-refractivity contribution >= 4 is 34.1 Å². The maximum Gasteiger partial charge on any atom is 0.307 e. The molecule has 0 aliphatic heterocycles. The van der Waals surface area contributed by atoms with Crippen LogP contribution in [-0.4, -0.2) is 22.9 Å². The molecule has 1 aromatic carbocycles. The van der Waals surface area contributed by atoms with Crippen molar-refractivity contribution in [1.29, 1.82) is 0 Å². The Hall–Kier alpha value is -2.93. The van der Waals surface area contributed by atoms with E-state index in [9.17, 15) is 19.5 Å². The molecule has 0 saturated carbocycles. The number of carboxylic acid groups (broad SMARTS) is 1. The number of amides is 2. The number of allylic oxidation sites excluding steroid dienone is 2. The zero-order valence-corrected chi connectivity index (χ0v) is 18.4. The van der Waals surface area contributed by atoms with Gasteiger partial charge < -0.3 is 16.2 Å². The average Bonchev–Trinajstić information content (AvgIpc) is 2.99. The van der Waals surface area contributed by atoms with E-state index in [0.29, 0.717) is 23.4 Å². The molecule has 0 radical (unpaired) electrons. The van der Waals surface area contributed by atoms with Crippen LogP contribution in [-0.2, 0) is 9.59 Å². The van der Waals surface area contributed by atoms with Gasteiger partial charge in [0.15, 0.2) is 0 Å². The maximum absolute atomic E-state index is 13.1. The highest BCUT2D eigenvalue weighted by molar-refractivity contribution is 7.17. The number of hydrogen-bond acceptors (Lipinski definition) is 4. The number of carboxylic acids is 1. The molecule has 158 valence electrons. The summed E-state index contributed by atoms with van der Waals surface area (Å²) in [5.41, 5.74) is 10.6. The van der Waals surface area contributed by atoms with Crippen molar-refractivity contribution in [3.05, 3.63) is 51.4 Å². The fourth-order valence-electron chi connectivity index (χ4n) is 3.97. The van der Waals surface area contributed by atoms with Gasteiger partial charge in [-0.1, -0.05) is 41.0 Å². The normalized spacial score (nSPS) is 18.9. The number of rotatable bonds is 5. The van der Waals surface area contributed by atoms with Crippen LogP contribution in [0.5, 0.6) is 0 Å². The fraction of sp³-hybridized carbons (Fsp3) is 0.348. The van der Waals surface area contributed by atoms with Crippen LogP contribution in [0.2, 0.25) is 0 Å². The van der Waals surface area contributed by atoms with Gasteiger partial charge in [-0.15, -0.1) is 11.3 Å². The van der Waals surface area contributed by atoms with Crippen LogP contribution in [0.1, 0.15) is 47.5 Å². The number of nitrogens with one attached hydrogen (secondary N) is 1. The standard InChI is InChI=1S/C23H26N2O4S/c1-11-5-7-15(8-6-11)18-14(4)30-22(19(18)20(24)26)25-21(27)16-9-12(2)13(3)10-17(16)23(28)29/h5-8,16-17H,9-10H2,1-4H3,(H2,24,26)(H,25,27)(H,28,29). The topological polar surface area (TPSA) is 109 Å². The minimum atomic E-state index is -0.986. The molecule has 0 saturated heterocycles. The number of benzene rings is 1. The lowest BCUT2D eigenvalue weighted by molar-refractivity contribution is -0.146. The lowest BCUT2D eigenvalue weighted by Gasteiger charge is -2.29. The van der Waals surface area contributed by atoms with E-state index < -0.39 is 29.6 Å². The largest absolute Gasteiger partial charge is 0.481 e. The van der Waals surface area contributed by atoms with Crippen molar-refractivity contribution in [3.63, 3.8) is 0 Å². The minimum absolute atomic E-state index is 0.265. The van der Waals surface area contributed by atoms with Crippen molar-refractivity contribution in [3.8, 4) is 11.1 Å². The number of hydrogen-bond donors (Lipinski definition) is 3. The summed E-state index contributed by atoms with van der Waals surface area (Å²) >= 11 is 1.28. The summed E-state index contributed by atoms with van der Waals surface area (Å²) in [6.45, 7) is 7.68. The molecular formula is C23H26N2O4S. The smallest absolute Gasteiger partial charge is 0.307 e. The van der Waals surface area contributed by atoms with Crippen LogP contribution >= 0.6 is 11.3 Å². The molecule has 2 aromatic rings. The van der Waals surface area contributed by atoms with Crippen molar-refractivity contribution in [2.24, 2.45) is 17.6 Å². The zero-order valence-electron chi connectivity index (χ0n) is 17.5. The molecule has 1 aliphatic rings. The summed E-state index contributed by atoms with van der Waals surface area (Å²) in [5, 5.41) is 12.8. The highest BCUT2D eigenvalue weighted by atomic mass is 32.1. The van der Waals surface area contributed by atoms with Crippen LogP contribution in [0.15, 0.2) is 35.4 Å². The molecular weight excluding hydrogens is 400 g/mol. The molecule has 30 heavy (non-hydrogen) atoms. The van der Waals surface area contributed by atoms with Crippen molar-refractivity contribution in [2.75, 3.05) is 5.32 Å². The van der Waals surface area contributed by atoms with Gasteiger partial charge in [0, 0.05) is 10.4 Å². The van der Waals surface area contributed by atoms with Gasteiger partial charge in [0.1, 0.15) is 5.00 Å². The van der Waals surface area contributed by atoms with Gasteiger partial charge in [0.25, 0.3) is 5.91 Å². The number of thiophene rings is 1. The van der Waals surface area contributed by atoms with E-state index in [1.807, 2.05) is 52.0 Å². The fourth-order valence-corrected chi connectivity index (χ4v) is 5.05. The summed E-state index contributed by atoms with van der Waals surface area (Å²) in [7, 11) is 0. The molecule has 1 aliphatic carbocycles. The van der Waals surface area contributed by atoms with Gasteiger partial charge in [-0.3, -0.25) is 14.4 Å². The maximum atomic E-state index is 13.1. The summed E-state index contributed by atoms with van der Waals surface area (Å²) in [6.07, 6.45) is 0.732. The lowest BCUT2D eigenvalue weighted by Crippen LogP contribution is -2.36. The molecule has 0 spiro atoms. The molecule has 0 bridgehead atoms. The van der Waals surface area contributed by atoms with E-state index in [1.54, 1.807) is 0 Å². The number of aryl methyl sites for hydroxylation is 2. The Morgan fingerprint density at radius 3 is 2.10 bits per heavy atom. The number of carbonyl (C=O) groups is 3. The Morgan fingerprint density at radius 2 is 1.57 bits per heavy atom. The predicted octanol–water partition coefficient (Wildman–Crippen LogP) is 4.52. The van der Waals surface area contributed by atoms with E-state index in [2.05, 4.69) is 5.32 Å². The van der Waals surface area contributed by atoms with E-state index in [4.69, 9.17) is 5.73 Å². The van der Waals surface area contributed by atoms with Crippen LogP contribution in [0, 0.1) is 25.7 Å².